The number of hydrogen-bond acceptors (Lipinski definition) is 6. The molecule has 0 spiro atoms. The number of pyridine rings is 2. The van der Waals surface area contributed by atoms with Crippen LogP contribution in [-0.2, 0) is 0 Å². The lowest BCUT2D eigenvalue weighted by atomic mass is 10.0. The van der Waals surface area contributed by atoms with Gasteiger partial charge in [0.1, 0.15) is 22.8 Å². The second kappa shape index (κ2) is 7.64. The predicted octanol–water partition coefficient (Wildman–Crippen LogP) is 4.19. The number of carbonyl (C=O) groups is 1. The number of benzene rings is 1. The van der Waals surface area contributed by atoms with Gasteiger partial charge < -0.3 is 11.5 Å². The summed E-state index contributed by atoms with van der Waals surface area (Å²) in [5.41, 5.74) is 12.0. The summed E-state index contributed by atoms with van der Waals surface area (Å²) in [5.74, 6) is -0.907. The summed E-state index contributed by atoms with van der Waals surface area (Å²) in [5, 5.41) is 0.212. The second-order valence-corrected chi connectivity index (χ2v) is 7.33. The molecule has 0 saturated heterocycles. The van der Waals surface area contributed by atoms with Gasteiger partial charge in [-0.2, -0.15) is 0 Å². The maximum atomic E-state index is 15.5. The average Bonchev–Trinajstić information content (AvgIpc) is 3.16. The molecular formula is C20H16F2N6OS. The van der Waals surface area contributed by atoms with Crippen molar-refractivity contribution >= 4 is 38.5 Å². The number of thiazole rings is 1. The SMILES string of the molecule is CCN(C(N)=O)c1nc2c(F)c(-c3ccc(N)nc3)cc(-c3ncccc3F)c2s1. The van der Waals surface area contributed by atoms with Crippen molar-refractivity contribution in [1.29, 1.82) is 0 Å². The average molecular weight is 426 g/mol. The molecule has 30 heavy (non-hydrogen) atoms. The summed E-state index contributed by atoms with van der Waals surface area (Å²) < 4.78 is 30.4. The quantitative estimate of drug-likeness (QED) is 0.508. The lowest BCUT2D eigenvalue weighted by Crippen LogP contribution is -2.35. The Morgan fingerprint density at radius 3 is 2.63 bits per heavy atom. The molecule has 10 heteroatoms. The second-order valence-electron chi connectivity index (χ2n) is 6.35. The first kappa shape index (κ1) is 19.6. The van der Waals surface area contributed by atoms with Gasteiger partial charge in [0.2, 0.25) is 0 Å². The van der Waals surface area contributed by atoms with E-state index in [1.807, 2.05) is 0 Å². The molecule has 1 aromatic carbocycles. The van der Waals surface area contributed by atoms with Gasteiger partial charge >= 0.3 is 6.03 Å². The highest BCUT2D eigenvalue weighted by Gasteiger charge is 2.24. The molecule has 2 amide bonds. The van der Waals surface area contributed by atoms with Crippen molar-refractivity contribution in [2.45, 2.75) is 6.92 Å². The van der Waals surface area contributed by atoms with E-state index in [0.29, 0.717) is 15.8 Å². The summed E-state index contributed by atoms with van der Waals surface area (Å²) >= 11 is 1.04. The van der Waals surface area contributed by atoms with Crippen molar-refractivity contribution in [2.24, 2.45) is 5.73 Å². The fourth-order valence-corrected chi connectivity index (χ4v) is 4.22. The van der Waals surface area contributed by atoms with E-state index in [0.717, 1.165) is 11.3 Å². The molecule has 7 nitrogen and oxygen atoms in total. The van der Waals surface area contributed by atoms with Crippen molar-refractivity contribution < 1.29 is 13.6 Å². The zero-order chi connectivity index (χ0) is 21.4. The molecule has 4 rings (SSSR count). The third kappa shape index (κ3) is 3.30. The Bertz CT molecular complexity index is 1260. The summed E-state index contributed by atoms with van der Waals surface area (Å²) in [6.07, 6.45) is 2.87. The minimum Gasteiger partial charge on any atom is -0.384 e. The number of nitrogens with two attached hydrogens (primary N) is 2. The molecule has 0 atom stereocenters. The molecule has 0 aliphatic heterocycles. The van der Waals surface area contributed by atoms with Crippen LogP contribution in [0.2, 0.25) is 0 Å². The van der Waals surface area contributed by atoms with Gasteiger partial charge in [0.25, 0.3) is 0 Å². The number of amides is 2. The summed E-state index contributed by atoms with van der Waals surface area (Å²) in [7, 11) is 0. The Labute approximate surface area is 174 Å². The zero-order valence-electron chi connectivity index (χ0n) is 15.8. The van der Waals surface area contributed by atoms with Gasteiger partial charge in [-0.1, -0.05) is 11.3 Å². The maximum Gasteiger partial charge on any atom is 0.321 e. The molecule has 0 aliphatic carbocycles. The monoisotopic (exact) mass is 426 g/mol. The van der Waals surface area contributed by atoms with Crippen LogP contribution in [0.5, 0.6) is 0 Å². The minimum absolute atomic E-state index is 0.0101. The fourth-order valence-electron chi connectivity index (χ4n) is 3.08. The number of nitrogens with zero attached hydrogens (tertiary/aromatic N) is 4. The summed E-state index contributed by atoms with van der Waals surface area (Å²) in [6, 6.07) is 6.67. The van der Waals surface area contributed by atoms with E-state index in [2.05, 4.69) is 15.0 Å². The van der Waals surface area contributed by atoms with Gasteiger partial charge in [-0.15, -0.1) is 0 Å². The molecule has 0 fully saturated rings. The van der Waals surface area contributed by atoms with Crippen LogP contribution in [0.1, 0.15) is 6.92 Å². The number of rotatable bonds is 4. The van der Waals surface area contributed by atoms with Crippen LogP contribution in [0.15, 0.2) is 42.7 Å². The van der Waals surface area contributed by atoms with Crippen molar-refractivity contribution in [3.05, 3.63) is 54.4 Å². The number of primary amides is 1. The first-order chi connectivity index (χ1) is 14.4. The molecule has 0 unspecified atom stereocenters. The van der Waals surface area contributed by atoms with E-state index in [1.54, 1.807) is 19.1 Å². The number of nitrogen functional groups attached to an aromatic ring is 1. The van der Waals surface area contributed by atoms with E-state index in [1.165, 1.54) is 35.5 Å². The Morgan fingerprint density at radius 2 is 2.00 bits per heavy atom. The van der Waals surface area contributed by atoms with Crippen molar-refractivity contribution in [1.82, 2.24) is 15.0 Å². The fraction of sp³-hybridized carbons (Fsp3) is 0.100. The number of fused-ring (bicyclic) bond motifs is 1. The molecule has 0 aliphatic rings. The zero-order valence-corrected chi connectivity index (χ0v) is 16.6. The van der Waals surface area contributed by atoms with Crippen molar-refractivity contribution in [3.63, 3.8) is 0 Å². The molecule has 0 radical (unpaired) electrons. The first-order valence-electron chi connectivity index (χ1n) is 8.93. The van der Waals surface area contributed by atoms with Gasteiger partial charge in [0, 0.05) is 35.6 Å². The molecule has 3 aromatic heterocycles. The predicted molar refractivity (Wildman–Crippen MR) is 113 cm³/mol. The van der Waals surface area contributed by atoms with Crippen LogP contribution < -0.4 is 16.4 Å². The van der Waals surface area contributed by atoms with E-state index in [-0.39, 0.29) is 34.3 Å². The number of halogens is 2. The summed E-state index contributed by atoms with van der Waals surface area (Å²) in [6.45, 7) is 1.97. The van der Waals surface area contributed by atoms with E-state index in [9.17, 15) is 9.18 Å². The first-order valence-corrected chi connectivity index (χ1v) is 9.75. The molecule has 152 valence electrons. The molecule has 3 heterocycles. The number of hydrogen-bond donors (Lipinski definition) is 2. The van der Waals surface area contributed by atoms with E-state index < -0.39 is 17.7 Å². The highest BCUT2D eigenvalue weighted by atomic mass is 32.1. The number of carbonyl (C=O) groups excluding carboxylic acids is 1. The molecule has 4 aromatic rings. The van der Waals surface area contributed by atoms with Crippen LogP contribution in [0.3, 0.4) is 0 Å². The highest BCUT2D eigenvalue weighted by molar-refractivity contribution is 7.23. The molecule has 4 N–H and O–H groups in total. The lowest BCUT2D eigenvalue weighted by Gasteiger charge is -2.13. The smallest absolute Gasteiger partial charge is 0.321 e. The lowest BCUT2D eigenvalue weighted by molar-refractivity contribution is 0.254. The van der Waals surface area contributed by atoms with Crippen molar-refractivity contribution in [3.8, 4) is 22.4 Å². The van der Waals surface area contributed by atoms with Gasteiger partial charge in [-0.3, -0.25) is 9.88 Å². The van der Waals surface area contributed by atoms with Crippen LogP contribution in [0.25, 0.3) is 32.6 Å². The maximum absolute atomic E-state index is 15.5. The van der Waals surface area contributed by atoms with Gasteiger partial charge in [-0.25, -0.2) is 23.5 Å². The Morgan fingerprint density at radius 1 is 1.20 bits per heavy atom. The largest absolute Gasteiger partial charge is 0.384 e. The minimum atomic E-state index is -0.717. The van der Waals surface area contributed by atoms with E-state index >= 15 is 4.39 Å². The van der Waals surface area contributed by atoms with Crippen LogP contribution >= 0.6 is 11.3 Å². The molecule has 0 bridgehead atoms. The Balaban J connectivity index is 2.05. The topological polar surface area (TPSA) is 111 Å². The van der Waals surface area contributed by atoms with Crippen LogP contribution in [0.4, 0.5) is 24.5 Å². The van der Waals surface area contributed by atoms with Crippen molar-refractivity contribution in [2.75, 3.05) is 17.2 Å². The molecular weight excluding hydrogens is 410 g/mol. The third-order valence-electron chi connectivity index (χ3n) is 4.52. The normalized spacial score (nSPS) is 11.0. The summed E-state index contributed by atoms with van der Waals surface area (Å²) in [4.78, 5) is 25.4. The van der Waals surface area contributed by atoms with Gasteiger partial charge in [-0.05, 0) is 37.3 Å². The number of aromatic nitrogens is 3. The van der Waals surface area contributed by atoms with Crippen LogP contribution in [0, 0.1) is 11.6 Å². The Hall–Kier alpha value is -3.66. The van der Waals surface area contributed by atoms with E-state index in [4.69, 9.17) is 11.5 Å². The van der Waals surface area contributed by atoms with Crippen LogP contribution in [-0.4, -0.2) is 27.5 Å². The third-order valence-corrected chi connectivity index (χ3v) is 5.63. The number of anilines is 2. The standard InChI is InChI=1S/C20H16F2N6OS/c1-2-28(19(24)29)20-27-17-15(22)11(10-5-6-14(23)26-9-10)8-12(18(17)30-20)16-13(21)4-3-7-25-16/h3-9H,2H2,1H3,(H2,23,26)(H2,24,29). The molecule has 0 saturated carbocycles. The number of urea groups is 1. The van der Waals surface area contributed by atoms with Gasteiger partial charge in [0.05, 0.1) is 4.70 Å². The Kier molecular flexibility index (Phi) is 5.00. The highest BCUT2D eigenvalue weighted by Crippen LogP contribution is 2.41. The van der Waals surface area contributed by atoms with Gasteiger partial charge in [0.15, 0.2) is 10.9 Å².